The molecular formula is C7H9N5O. The molecule has 0 aliphatic carbocycles. The van der Waals surface area contributed by atoms with Gasteiger partial charge in [-0.05, 0) is 0 Å². The van der Waals surface area contributed by atoms with E-state index in [9.17, 15) is 0 Å². The first kappa shape index (κ1) is 7.81. The Morgan fingerprint density at radius 2 is 2.54 bits per heavy atom. The van der Waals surface area contributed by atoms with Crippen LogP contribution in [0, 0.1) is 0 Å². The SMILES string of the molecule is NCc1conc1Nc1ccn[nH]1. The molecule has 0 unspecified atom stereocenters. The Morgan fingerprint density at radius 1 is 1.62 bits per heavy atom. The molecule has 2 aromatic heterocycles. The summed E-state index contributed by atoms with van der Waals surface area (Å²) in [5.41, 5.74) is 6.29. The average Bonchev–Trinajstić information content (AvgIpc) is 2.76. The van der Waals surface area contributed by atoms with E-state index in [1.807, 2.05) is 0 Å². The van der Waals surface area contributed by atoms with E-state index in [0.29, 0.717) is 12.4 Å². The second-order valence-corrected chi connectivity index (χ2v) is 2.49. The van der Waals surface area contributed by atoms with Gasteiger partial charge in [-0.15, -0.1) is 0 Å². The number of H-pyrrole nitrogens is 1. The van der Waals surface area contributed by atoms with E-state index in [4.69, 9.17) is 10.3 Å². The van der Waals surface area contributed by atoms with Crippen molar-refractivity contribution in [2.45, 2.75) is 6.54 Å². The first-order valence-electron chi connectivity index (χ1n) is 3.80. The molecule has 0 saturated carbocycles. The molecule has 0 fully saturated rings. The summed E-state index contributed by atoms with van der Waals surface area (Å²) in [6, 6.07) is 1.79. The first-order valence-corrected chi connectivity index (χ1v) is 3.80. The zero-order valence-corrected chi connectivity index (χ0v) is 6.82. The maximum absolute atomic E-state index is 5.46. The Labute approximate surface area is 74.1 Å². The van der Waals surface area contributed by atoms with Crippen molar-refractivity contribution in [3.8, 4) is 0 Å². The molecule has 2 rings (SSSR count). The maximum atomic E-state index is 5.46. The van der Waals surface area contributed by atoms with Crippen LogP contribution < -0.4 is 11.1 Å². The van der Waals surface area contributed by atoms with Gasteiger partial charge in [-0.2, -0.15) is 5.10 Å². The van der Waals surface area contributed by atoms with Crippen molar-refractivity contribution >= 4 is 11.6 Å². The van der Waals surface area contributed by atoms with Crippen LogP contribution >= 0.6 is 0 Å². The van der Waals surface area contributed by atoms with Crippen LogP contribution in [0.3, 0.4) is 0 Å². The molecule has 2 aromatic rings. The third-order valence-corrected chi connectivity index (χ3v) is 1.62. The monoisotopic (exact) mass is 179 g/mol. The summed E-state index contributed by atoms with van der Waals surface area (Å²) in [6.45, 7) is 0.389. The van der Waals surface area contributed by atoms with Crippen LogP contribution in [0.1, 0.15) is 5.56 Å². The summed E-state index contributed by atoms with van der Waals surface area (Å²) >= 11 is 0. The molecule has 6 nitrogen and oxygen atoms in total. The first-order chi connectivity index (χ1) is 6.40. The van der Waals surface area contributed by atoms with Crippen LogP contribution in [0.15, 0.2) is 23.0 Å². The molecular weight excluding hydrogens is 170 g/mol. The third kappa shape index (κ3) is 1.52. The summed E-state index contributed by atoms with van der Waals surface area (Å²) in [7, 11) is 0. The van der Waals surface area contributed by atoms with Crippen LogP contribution in [-0.4, -0.2) is 15.4 Å². The van der Waals surface area contributed by atoms with Crippen LogP contribution in [0.4, 0.5) is 11.6 Å². The Hall–Kier alpha value is -1.82. The Kier molecular flexibility index (Phi) is 1.97. The van der Waals surface area contributed by atoms with Crippen molar-refractivity contribution < 1.29 is 4.52 Å². The molecule has 0 spiro atoms. The molecule has 68 valence electrons. The van der Waals surface area contributed by atoms with Gasteiger partial charge in [-0.25, -0.2) is 0 Å². The lowest BCUT2D eigenvalue weighted by atomic mass is 10.3. The molecule has 0 amide bonds. The van der Waals surface area contributed by atoms with Crippen molar-refractivity contribution in [1.29, 1.82) is 0 Å². The molecule has 6 heteroatoms. The molecule has 0 aliphatic heterocycles. The number of nitrogens with one attached hydrogen (secondary N) is 2. The van der Waals surface area contributed by atoms with Gasteiger partial charge in [0.25, 0.3) is 0 Å². The Morgan fingerprint density at radius 3 is 3.23 bits per heavy atom. The lowest BCUT2D eigenvalue weighted by Gasteiger charge is -1.98. The normalized spacial score (nSPS) is 10.2. The number of hydrogen-bond acceptors (Lipinski definition) is 5. The van der Waals surface area contributed by atoms with Crippen LogP contribution in [0.2, 0.25) is 0 Å². The fourth-order valence-corrected chi connectivity index (χ4v) is 0.958. The van der Waals surface area contributed by atoms with Crippen molar-refractivity contribution in [3.05, 3.63) is 24.1 Å². The van der Waals surface area contributed by atoms with Gasteiger partial charge in [0.15, 0.2) is 5.82 Å². The van der Waals surface area contributed by atoms with Crippen LogP contribution in [-0.2, 0) is 6.54 Å². The summed E-state index contributed by atoms with van der Waals surface area (Å²) in [4.78, 5) is 0. The molecule has 4 N–H and O–H groups in total. The van der Waals surface area contributed by atoms with E-state index in [0.717, 1.165) is 11.4 Å². The quantitative estimate of drug-likeness (QED) is 0.641. The third-order valence-electron chi connectivity index (χ3n) is 1.62. The molecule has 0 radical (unpaired) electrons. The van der Waals surface area contributed by atoms with E-state index >= 15 is 0 Å². The molecule has 0 saturated heterocycles. The number of aromatic nitrogens is 3. The number of hydrogen-bond donors (Lipinski definition) is 3. The predicted molar refractivity (Wildman–Crippen MR) is 46.3 cm³/mol. The van der Waals surface area contributed by atoms with Gasteiger partial charge in [-0.3, -0.25) is 5.10 Å². The van der Waals surface area contributed by atoms with E-state index < -0.39 is 0 Å². The summed E-state index contributed by atoms with van der Waals surface area (Å²) < 4.78 is 4.76. The van der Waals surface area contributed by atoms with Crippen molar-refractivity contribution in [1.82, 2.24) is 15.4 Å². The fourth-order valence-electron chi connectivity index (χ4n) is 0.958. The van der Waals surface area contributed by atoms with Gasteiger partial charge >= 0.3 is 0 Å². The van der Waals surface area contributed by atoms with Crippen LogP contribution in [0.25, 0.3) is 0 Å². The molecule has 13 heavy (non-hydrogen) atoms. The molecule has 0 bridgehead atoms. The minimum atomic E-state index is 0.389. The number of anilines is 2. The van der Waals surface area contributed by atoms with Gasteiger partial charge < -0.3 is 15.6 Å². The van der Waals surface area contributed by atoms with E-state index in [1.54, 1.807) is 12.3 Å². The number of nitrogens with two attached hydrogens (primary N) is 1. The number of nitrogens with zero attached hydrogens (tertiary/aromatic N) is 2. The Bertz CT molecular complexity index is 366. The molecule has 0 atom stereocenters. The second-order valence-electron chi connectivity index (χ2n) is 2.49. The molecule has 0 aromatic carbocycles. The summed E-state index contributed by atoms with van der Waals surface area (Å²) in [5.74, 6) is 1.37. The lowest BCUT2D eigenvalue weighted by Crippen LogP contribution is -2.00. The maximum Gasteiger partial charge on any atom is 0.179 e. The summed E-state index contributed by atoms with van der Waals surface area (Å²) in [6.07, 6.45) is 3.16. The standard InChI is InChI=1S/C7H9N5O/c8-3-5-4-13-12-7(5)10-6-1-2-9-11-6/h1-2,4H,3,8H2,(H2,9,10,11,12). The topological polar surface area (TPSA) is 92.8 Å². The van der Waals surface area contributed by atoms with Crippen molar-refractivity contribution in [3.63, 3.8) is 0 Å². The minimum Gasteiger partial charge on any atom is -0.362 e. The van der Waals surface area contributed by atoms with E-state index in [2.05, 4.69) is 20.7 Å². The highest BCUT2D eigenvalue weighted by Gasteiger charge is 2.05. The highest BCUT2D eigenvalue weighted by atomic mass is 16.5. The van der Waals surface area contributed by atoms with E-state index in [-0.39, 0.29) is 0 Å². The number of aromatic amines is 1. The molecule has 2 heterocycles. The molecule has 0 aliphatic rings. The fraction of sp³-hybridized carbons (Fsp3) is 0.143. The number of rotatable bonds is 3. The van der Waals surface area contributed by atoms with Crippen molar-refractivity contribution in [2.75, 3.05) is 5.32 Å². The second kappa shape index (κ2) is 3.28. The lowest BCUT2D eigenvalue weighted by molar-refractivity contribution is 0.422. The van der Waals surface area contributed by atoms with Crippen molar-refractivity contribution in [2.24, 2.45) is 5.73 Å². The van der Waals surface area contributed by atoms with Gasteiger partial charge in [0.2, 0.25) is 0 Å². The Balaban J connectivity index is 2.18. The van der Waals surface area contributed by atoms with Gasteiger partial charge in [0.1, 0.15) is 12.1 Å². The van der Waals surface area contributed by atoms with Gasteiger partial charge in [0.05, 0.1) is 6.20 Å². The largest absolute Gasteiger partial charge is 0.362 e. The van der Waals surface area contributed by atoms with Gasteiger partial charge in [0, 0.05) is 18.2 Å². The average molecular weight is 179 g/mol. The summed E-state index contributed by atoms with van der Waals surface area (Å²) in [5, 5.41) is 13.3. The smallest absolute Gasteiger partial charge is 0.179 e. The zero-order chi connectivity index (χ0) is 9.10. The predicted octanol–water partition coefficient (Wildman–Crippen LogP) is 0.600. The van der Waals surface area contributed by atoms with Crippen LogP contribution in [0.5, 0.6) is 0 Å². The van der Waals surface area contributed by atoms with E-state index in [1.165, 1.54) is 6.26 Å². The zero-order valence-electron chi connectivity index (χ0n) is 6.82. The van der Waals surface area contributed by atoms with Gasteiger partial charge in [-0.1, -0.05) is 5.16 Å². The highest BCUT2D eigenvalue weighted by Crippen LogP contribution is 2.16. The highest BCUT2D eigenvalue weighted by molar-refractivity contribution is 5.53. The minimum absolute atomic E-state index is 0.389.